The number of nitrogens with two attached hydrogens (primary N) is 2. The Labute approximate surface area is 301 Å². The van der Waals surface area contributed by atoms with Crippen molar-refractivity contribution in [3.05, 3.63) is 57.6 Å². The molecule has 2 aromatic carbocycles. The topological polar surface area (TPSA) is 108 Å². The van der Waals surface area contributed by atoms with Crippen molar-refractivity contribution >= 4 is 55.4 Å². The monoisotopic (exact) mass is 755 g/mol. The highest BCUT2D eigenvalue weighted by molar-refractivity contribution is 9.10. The van der Waals surface area contributed by atoms with Gasteiger partial charge in [-0.05, 0) is 96.6 Å². The van der Waals surface area contributed by atoms with E-state index in [1.165, 1.54) is 33.9 Å². The maximum atomic E-state index is 11.9. The number of ether oxygens (including phenoxy) is 2. The minimum atomic E-state index is -1.45. The summed E-state index contributed by atoms with van der Waals surface area (Å²) in [7, 11) is 0.311. The summed E-state index contributed by atoms with van der Waals surface area (Å²) in [5.41, 5.74) is 21.0. The summed E-state index contributed by atoms with van der Waals surface area (Å²) < 4.78 is 10.6. The Morgan fingerprint density at radius 2 is 1.19 bits per heavy atom. The second-order valence-corrected chi connectivity index (χ2v) is 24.6. The molecule has 0 radical (unpaired) electrons. The molecule has 0 bridgehead atoms. The quantitative estimate of drug-likeness (QED) is 0.129. The molecule has 0 unspecified atom stereocenters. The lowest BCUT2D eigenvalue weighted by molar-refractivity contribution is -0.144. The van der Waals surface area contributed by atoms with E-state index >= 15 is 0 Å². The summed E-state index contributed by atoms with van der Waals surface area (Å²) in [5.74, 6) is 2.87. The van der Waals surface area contributed by atoms with Crippen molar-refractivity contribution in [2.24, 2.45) is 0 Å². The molecule has 264 valence electrons. The van der Waals surface area contributed by atoms with Crippen molar-refractivity contribution in [3.8, 4) is 23.4 Å². The number of halogens is 1. The molecule has 2 fully saturated rings. The average molecular weight is 757 g/mol. The fourth-order valence-corrected chi connectivity index (χ4v) is 5.46. The van der Waals surface area contributed by atoms with Gasteiger partial charge < -0.3 is 25.8 Å². The first-order valence-electron chi connectivity index (χ1n) is 16.6. The van der Waals surface area contributed by atoms with Crippen LogP contribution in [-0.2, 0) is 29.9 Å². The Morgan fingerprint density at radius 1 is 0.792 bits per heavy atom. The van der Waals surface area contributed by atoms with E-state index in [-0.39, 0.29) is 11.9 Å². The van der Waals surface area contributed by atoms with Crippen LogP contribution in [0.3, 0.4) is 0 Å². The van der Waals surface area contributed by atoms with Gasteiger partial charge in [-0.1, -0.05) is 78.1 Å². The van der Waals surface area contributed by atoms with Crippen molar-refractivity contribution in [3.63, 3.8) is 0 Å². The number of benzene rings is 2. The standard InChI is InChI=1S/C16H21NO2Si.C11H12BrNO2.C6H15N.C5H10Si/c1-19-15(18)16(8-9-16)13-5-6-14(17)12(11-13)7-10-20(2,3)4;1-15-10(14)11(4-5-11)7-2-3-9(13)8(12)6-7;1-4-7(5-2)6-3;1-5-6(2,3)4/h5-6,11H,8-9,17H2,1-4H3;2-3,6H,4-5,13H2,1H3;4-6H2,1-3H3;1H,2-4H3. The van der Waals surface area contributed by atoms with Gasteiger partial charge in [-0.2, -0.15) is 0 Å². The highest BCUT2D eigenvalue weighted by Crippen LogP contribution is 2.50. The summed E-state index contributed by atoms with van der Waals surface area (Å²) >= 11 is 3.36. The molecule has 10 heteroatoms. The van der Waals surface area contributed by atoms with E-state index in [2.05, 4.69) is 97.9 Å². The van der Waals surface area contributed by atoms with Crippen LogP contribution < -0.4 is 11.5 Å². The van der Waals surface area contributed by atoms with Crippen LogP contribution >= 0.6 is 15.9 Å². The number of carbonyl (C=O) groups is 2. The molecule has 7 nitrogen and oxygen atoms in total. The van der Waals surface area contributed by atoms with Crippen molar-refractivity contribution in [2.45, 2.75) is 96.6 Å². The Balaban J connectivity index is 0.000000360. The molecule has 0 amide bonds. The van der Waals surface area contributed by atoms with Gasteiger partial charge in [-0.25, -0.2) is 0 Å². The van der Waals surface area contributed by atoms with Gasteiger partial charge in [-0.15, -0.1) is 17.5 Å². The number of terminal acetylenes is 1. The number of rotatable bonds is 7. The highest BCUT2D eigenvalue weighted by Gasteiger charge is 2.53. The molecule has 0 aromatic heterocycles. The minimum absolute atomic E-state index is 0.154. The molecule has 4 N–H and O–H groups in total. The van der Waals surface area contributed by atoms with Gasteiger partial charge in [0.25, 0.3) is 0 Å². The lowest BCUT2D eigenvalue weighted by atomic mass is 9.94. The van der Waals surface area contributed by atoms with Crippen LogP contribution in [0.4, 0.5) is 11.4 Å². The molecule has 0 spiro atoms. The molecule has 0 atom stereocenters. The van der Waals surface area contributed by atoms with Crippen LogP contribution in [-0.4, -0.2) is 66.8 Å². The first-order chi connectivity index (χ1) is 22.3. The van der Waals surface area contributed by atoms with E-state index in [1.807, 2.05) is 36.4 Å². The predicted octanol–water partition coefficient (Wildman–Crippen LogP) is 7.78. The number of hydrogen-bond donors (Lipinski definition) is 2. The first kappa shape index (κ1) is 43.0. The van der Waals surface area contributed by atoms with E-state index in [4.69, 9.17) is 27.4 Å². The van der Waals surface area contributed by atoms with Gasteiger partial charge in [0.05, 0.1) is 25.0 Å². The molecule has 2 saturated carbocycles. The number of carbonyl (C=O) groups excluding carboxylic acids is 2. The Kier molecular flexibility index (Phi) is 16.7. The molecule has 0 saturated heterocycles. The minimum Gasteiger partial charge on any atom is -0.468 e. The van der Waals surface area contributed by atoms with Gasteiger partial charge in [0.1, 0.15) is 16.1 Å². The fraction of sp³-hybridized carbons (Fsp3) is 0.526. The summed E-state index contributed by atoms with van der Waals surface area (Å²) in [5, 5.41) is 0. The smallest absolute Gasteiger partial charge is 0.316 e. The lowest BCUT2D eigenvalue weighted by Gasteiger charge is -2.14. The maximum Gasteiger partial charge on any atom is 0.316 e. The summed E-state index contributed by atoms with van der Waals surface area (Å²) in [6.07, 6.45) is 8.51. The van der Waals surface area contributed by atoms with Crippen LogP contribution in [0.1, 0.15) is 63.1 Å². The second kappa shape index (κ2) is 18.7. The third-order valence-electron chi connectivity index (χ3n) is 8.16. The van der Waals surface area contributed by atoms with E-state index in [1.54, 1.807) is 0 Å². The zero-order valence-electron chi connectivity index (χ0n) is 31.1. The maximum absolute atomic E-state index is 11.9. The molecule has 0 aliphatic heterocycles. The molecule has 2 aliphatic carbocycles. The van der Waals surface area contributed by atoms with Gasteiger partial charge in [0, 0.05) is 21.4 Å². The van der Waals surface area contributed by atoms with Crippen molar-refractivity contribution in [2.75, 3.05) is 45.3 Å². The van der Waals surface area contributed by atoms with Crippen molar-refractivity contribution < 1.29 is 19.1 Å². The third-order valence-corrected chi connectivity index (χ3v) is 10.6. The third kappa shape index (κ3) is 13.1. The van der Waals surface area contributed by atoms with Crippen LogP contribution in [0.25, 0.3) is 0 Å². The van der Waals surface area contributed by atoms with Crippen LogP contribution in [0, 0.1) is 23.4 Å². The largest absolute Gasteiger partial charge is 0.468 e. The van der Waals surface area contributed by atoms with Crippen LogP contribution in [0.15, 0.2) is 40.9 Å². The van der Waals surface area contributed by atoms with Crippen LogP contribution in [0.5, 0.6) is 0 Å². The fourth-order valence-electron chi connectivity index (χ4n) is 4.57. The van der Waals surface area contributed by atoms with E-state index in [0.717, 1.165) is 46.8 Å². The predicted molar refractivity (Wildman–Crippen MR) is 211 cm³/mol. The summed E-state index contributed by atoms with van der Waals surface area (Å²) in [6, 6.07) is 11.3. The molecule has 4 rings (SSSR count). The van der Waals surface area contributed by atoms with E-state index < -0.39 is 27.0 Å². The molecule has 48 heavy (non-hydrogen) atoms. The number of nitrogen functional groups attached to an aromatic ring is 2. The second-order valence-electron chi connectivity index (χ2n) is 14.2. The van der Waals surface area contributed by atoms with Crippen molar-refractivity contribution in [1.82, 2.24) is 4.90 Å². The summed E-state index contributed by atoms with van der Waals surface area (Å²) in [6.45, 7) is 23.1. The first-order valence-corrected chi connectivity index (χ1v) is 24.4. The molecule has 0 heterocycles. The normalized spacial score (nSPS) is 14.8. The molecule has 2 aliphatic rings. The average Bonchev–Trinajstić information content (AvgIpc) is 3.98. The van der Waals surface area contributed by atoms with Crippen LogP contribution in [0.2, 0.25) is 39.3 Å². The SMILES string of the molecule is C#C[Si](C)(C)C.CCN(CC)CC.COC(=O)C1(c2ccc(N)c(Br)c2)CC1.COC(=O)C1(c2ccc(N)c(C#C[Si](C)(C)C)c2)CC1. The van der Waals surface area contributed by atoms with Gasteiger partial charge in [0.2, 0.25) is 0 Å². The number of nitrogens with zero attached hydrogens (tertiary/aromatic N) is 1. The number of hydrogen-bond acceptors (Lipinski definition) is 7. The zero-order valence-corrected chi connectivity index (χ0v) is 34.7. The Hall–Kier alpha value is -3.03. The van der Waals surface area contributed by atoms with Crippen molar-refractivity contribution in [1.29, 1.82) is 0 Å². The number of methoxy groups -OCH3 is 2. The molecule has 2 aromatic rings. The summed E-state index contributed by atoms with van der Waals surface area (Å²) in [4.78, 5) is 25.9. The Bertz CT molecular complexity index is 1480. The molecular formula is C38H58BrN3O4Si2. The lowest BCUT2D eigenvalue weighted by Crippen LogP contribution is -2.22. The highest BCUT2D eigenvalue weighted by atomic mass is 79.9. The van der Waals surface area contributed by atoms with E-state index in [0.29, 0.717) is 11.4 Å². The number of anilines is 2. The van der Waals surface area contributed by atoms with Gasteiger partial charge in [-0.3, -0.25) is 9.59 Å². The Morgan fingerprint density at radius 3 is 1.48 bits per heavy atom. The molecular weight excluding hydrogens is 699 g/mol. The zero-order chi connectivity index (χ0) is 36.9. The van der Waals surface area contributed by atoms with Gasteiger partial charge in [0.15, 0.2) is 0 Å². The van der Waals surface area contributed by atoms with E-state index in [9.17, 15) is 9.59 Å². The number of esters is 2. The van der Waals surface area contributed by atoms with Gasteiger partial charge >= 0.3 is 11.9 Å².